The van der Waals surface area contributed by atoms with Gasteiger partial charge in [0.1, 0.15) is 6.04 Å². The summed E-state index contributed by atoms with van der Waals surface area (Å²) in [5, 5.41) is 3.87. The zero-order valence-corrected chi connectivity index (χ0v) is 12.9. The van der Waals surface area contributed by atoms with Crippen LogP contribution in [0.2, 0.25) is 0 Å². The monoisotopic (exact) mass is 291 g/mol. The largest absolute Gasteiger partial charge is 0.337 e. The van der Waals surface area contributed by atoms with Gasteiger partial charge in [-0.15, -0.1) is 0 Å². The predicted octanol–water partition coefficient (Wildman–Crippen LogP) is 3.40. The van der Waals surface area contributed by atoms with Crippen molar-refractivity contribution in [3.05, 3.63) is 11.7 Å². The van der Waals surface area contributed by atoms with Crippen molar-refractivity contribution < 1.29 is 9.32 Å². The molecular formula is C16H25N3O2. The Kier molecular flexibility index (Phi) is 4.56. The van der Waals surface area contributed by atoms with Gasteiger partial charge < -0.3 is 9.42 Å². The molecule has 2 heterocycles. The Labute approximate surface area is 126 Å². The summed E-state index contributed by atoms with van der Waals surface area (Å²) in [7, 11) is 0. The van der Waals surface area contributed by atoms with Gasteiger partial charge in [-0.1, -0.05) is 30.8 Å². The Bertz CT molecular complexity index is 480. The third-order valence-electron chi connectivity index (χ3n) is 4.89. The molecule has 1 aliphatic carbocycles. The summed E-state index contributed by atoms with van der Waals surface area (Å²) in [5.41, 5.74) is 0. The fourth-order valence-electron chi connectivity index (χ4n) is 3.71. The lowest BCUT2D eigenvalue weighted by Crippen LogP contribution is -2.38. The number of hydrogen-bond acceptors (Lipinski definition) is 4. The SMILES string of the molecule is Cc1noc([C@@H]2CCCCN2C(=O)CCC2CCCC2)n1. The van der Waals surface area contributed by atoms with Crippen LogP contribution in [-0.4, -0.2) is 27.5 Å². The van der Waals surface area contributed by atoms with Crippen LogP contribution < -0.4 is 0 Å². The van der Waals surface area contributed by atoms with Crippen molar-refractivity contribution in [3.8, 4) is 0 Å². The van der Waals surface area contributed by atoms with Gasteiger partial charge in [-0.25, -0.2) is 0 Å². The van der Waals surface area contributed by atoms with Crippen molar-refractivity contribution in [2.24, 2.45) is 5.92 Å². The van der Waals surface area contributed by atoms with Gasteiger partial charge in [-0.3, -0.25) is 4.79 Å². The fourth-order valence-corrected chi connectivity index (χ4v) is 3.71. The first-order valence-electron chi connectivity index (χ1n) is 8.33. The van der Waals surface area contributed by atoms with Crippen molar-refractivity contribution in [3.63, 3.8) is 0 Å². The van der Waals surface area contributed by atoms with Crippen LogP contribution in [0.5, 0.6) is 0 Å². The molecule has 0 N–H and O–H groups in total. The highest BCUT2D eigenvalue weighted by molar-refractivity contribution is 5.76. The second kappa shape index (κ2) is 6.58. The Balaban J connectivity index is 1.61. The Morgan fingerprint density at radius 3 is 2.71 bits per heavy atom. The third kappa shape index (κ3) is 3.44. The van der Waals surface area contributed by atoms with Crippen LogP contribution in [0.25, 0.3) is 0 Å². The second-order valence-corrected chi connectivity index (χ2v) is 6.47. The number of nitrogens with zero attached hydrogens (tertiary/aromatic N) is 3. The molecule has 0 bridgehead atoms. The predicted molar refractivity (Wildman–Crippen MR) is 78.5 cm³/mol. The fraction of sp³-hybridized carbons (Fsp3) is 0.812. The van der Waals surface area contributed by atoms with Crippen LogP contribution in [0.4, 0.5) is 0 Å². The van der Waals surface area contributed by atoms with E-state index < -0.39 is 0 Å². The van der Waals surface area contributed by atoms with E-state index in [-0.39, 0.29) is 11.9 Å². The van der Waals surface area contributed by atoms with E-state index in [4.69, 9.17) is 4.52 Å². The first-order chi connectivity index (χ1) is 10.2. The van der Waals surface area contributed by atoms with Crippen LogP contribution in [0.15, 0.2) is 4.52 Å². The minimum absolute atomic E-state index is 0.00368. The summed E-state index contributed by atoms with van der Waals surface area (Å²) in [6, 6.07) is -0.00368. The van der Waals surface area contributed by atoms with Gasteiger partial charge >= 0.3 is 0 Å². The van der Waals surface area contributed by atoms with Crippen LogP contribution >= 0.6 is 0 Å². The van der Waals surface area contributed by atoms with E-state index in [0.717, 1.165) is 38.1 Å². The number of carbonyl (C=O) groups is 1. The van der Waals surface area contributed by atoms with Crippen molar-refractivity contribution in [2.75, 3.05) is 6.54 Å². The van der Waals surface area contributed by atoms with Crippen LogP contribution in [0, 0.1) is 12.8 Å². The molecule has 1 aliphatic heterocycles. The average molecular weight is 291 g/mol. The molecule has 1 aromatic heterocycles. The standard InChI is InChI=1S/C16H25N3O2/c1-12-17-16(21-18-12)14-8-4-5-11-19(14)15(20)10-9-13-6-2-3-7-13/h13-14H,2-11H2,1H3/t14-/m0/s1. The smallest absolute Gasteiger partial charge is 0.249 e. The molecule has 0 spiro atoms. The molecule has 1 saturated carbocycles. The van der Waals surface area contributed by atoms with Gasteiger partial charge in [0.05, 0.1) is 0 Å². The number of likely N-dealkylation sites (tertiary alicyclic amines) is 1. The molecule has 0 aromatic carbocycles. The number of rotatable bonds is 4. The first-order valence-corrected chi connectivity index (χ1v) is 8.33. The van der Waals surface area contributed by atoms with E-state index in [2.05, 4.69) is 10.1 Å². The summed E-state index contributed by atoms with van der Waals surface area (Å²) in [6.07, 6.45) is 10.2. The molecule has 116 valence electrons. The zero-order valence-electron chi connectivity index (χ0n) is 12.9. The van der Waals surface area contributed by atoms with Crippen LogP contribution in [-0.2, 0) is 4.79 Å². The highest BCUT2D eigenvalue weighted by Crippen LogP contribution is 2.32. The third-order valence-corrected chi connectivity index (χ3v) is 4.89. The number of piperidine rings is 1. The first kappa shape index (κ1) is 14.5. The summed E-state index contributed by atoms with van der Waals surface area (Å²) >= 11 is 0. The van der Waals surface area contributed by atoms with Gasteiger partial charge in [0.2, 0.25) is 11.8 Å². The maximum Gasteiger partial charge on any atom is 0.249 e. The average Bonchev–Trinajstić information content (AvgIpc) is 3.16. The van der Waals surface area contributed by atoms with Crippen molar-refractivity contribution in [1.29, 1.82) is 0 Å². The number of amides is 1. The summed E-state index contributed by atoms with van der Waals surface area (Å²) in [4.78, 5) is 18.9. The highest BCUT2D eigenvalue weighted by atomic mass is 16.5. The topological polar surface area (TPSA) is 59.2 Å². The van der Waals surface area contributed by atoms with Crippen molar-refractivity contribution in [2.45, 2.75) is 70.8 Å². The summed E-state index contributed by atoms with van der Waals surface area (Å²) < 4.78 is 5.31. The minimum atomic E-state index is -0.00368. The molecule has 0 radical (unpaired) electrons. The molecule has 1 atom stereocenters. The van der Waals surface area contributed by atoms with Crippen LogP contribution in [0.3, 0.4) is 0 Å². The molecular weight excluding hydrogens is 266 g/mol. The lowest BCUT2D eigenvalue weighted by atomic mass is 9.98. The molecule has 2 fully saturated rings. The quantitative estimate of drug-likeness (QED) is 0.853. The van der Waals surface area contributed by atoms with Crippen molar-refractivity contribution in [1.82, 2.24) is 15.0 Å². The Morgan fingerprint density at radius 1 is 1.24 bits per heavy atom. The van der Waals surface area contributed by atoms with Crippen LogP contribution in [0.1, 0.15) is 75.5 Å². The molecule has 21 heavy (non-hydrogen) atoms. The molecule has 2 aliphatic rings. The Hall–Kier alpha value is -1.39. The normalized spacial score (nSPS) is 23.7. The summed E-state index contributed by atoms with van der Waals surface area (Å²) in [6.45, 7) is 2.65. The number of hydrogen-bond donors (Lipinski definition) is 0. The molecule has 3 rings (SSSR count). The van der Waals surface area contributed by atoms with E-state index in [1.54, 1.807) is 0 Å². The molecule has 1 saturated heterocycles. The highest BCUT2D eigenvalue weighted by Gasteiger charge is 2.32. The number of carbonyl (C=O) groups excluding carboxylic acids is 1. The molecule has 5 heteroatoms. The second-order valence-electron chi connectivity index (χ2n) is 6.47. The maximum atomic E-state index is 12.6. The number of aryl methyl sites for hydroxylation is 1. The van der Waals surface area contributed by atoms with E-state index in [1.165, 1.54) is 25.7 Å². The van der Waals surface area contributed by atoms with Gasteiger partial charge in [0.15, 0.2) is 5.82 Å². The lowest BCUT2D eigenvalue weighted by molar-refractivity contribution is -0.136. The molecule has 0 unspecified atom stereocenters. The maximum absolute atomic E-state index is 12.6. The number of aromatic nitrogens is 2. The molecule has 5 nitrogen and oxygen atoms in total. The lowest BCUT2D eigenvalue weighted by Gasteiger charge is -2.33. The van der Waals surface area contributed by atoms with E-state index >= 15 is 0 Å². The zero-order chi connectivity index (χ0) is 14.7. The summed E-state index contributed by atoms with van der Waals surface area (Å²) in [5.74, 6) is 2.29. The van der Waals surface area contributed by atoms with Gasteiger partial charge in [-0.05, 0) is 38.5 Å². The van der Waals surface area contributed by atoms with E-state index in [0.29, 0.717) is 18.1 Å². The Morgan fingerprint density at radius 2 is 2.00 bits per heavy atom. The molecule has 1 aromatic rings. The van der Waals surface area contributed by atoms with Crippen molar-refractivity contribution >= 4 is 5.91 Å². The van der Waals surface area contributed by atoms with Gasteiger partial charge in [-0.2, -0.15) is 4.98 Å². The van der Waals surface area contributed by atoms with Gasteiger partial charge in [0.25, 0.3) is 0 Å². The minimum Gasteiger partial charge on any atom is -0.337 e. The van der Waals surface area contributed by atoms with Gasteiger partial charge in [0, 0.05) is 13.0 Å². The molecule has 1 amide bonds. The van der Waals surface area contributed by atoms with E-state index in [1.807, 2.05) is 11.8 Å². The van der Waals surface area contributed by atoms with E-state index in [9.17, 15) is 4.79 Å².